The SMILES string of the molecule is CC(CC#N)N(C)C(N)=NC1CC1. The maximum Gasteiger partial charge on any atom is 0.191 e. The minimum absolute atomic E-state index is 0.146. The lowest BCUT2D eigenvalue weighted by molar-refractivity contribution is 0.390. The zero-order chi connectivity index (χ0) is 9.84. The Balaban J connectivity index is 2.45. The smallest absolute Gasteiger partial charge is 0.191 e. The molecule has 0 heterocycles. The standard InChI is InChI=1S/C9H16N4/c1-7(5-6-10)13(2)9(11)12-8-3-4-8/h7-8H,3-5H2,1-2H3,(H2,11,12). The van der Waals surface area contributed by atoms with Crippen LogP contribution in [0.1, 0.15) is 26.2 Å². The van der Waals surface area contributed by atoms with Crippen molar-refractivity contribution in [3.63, 3.8) is 0 Å². The van der Waals surface area contributed by atoms with E-state index in [9.17, 15) is 0 Å². The maximum absolute atomic E-state index is 8.50. The van der Waals surface area contributed by atoms with Gasteiger partial charge in [0.25, 0.3) is 0 Å². The van der Waals surface area contributed by atoms with Gasteiger partial charge >= 0.3 is 0 Å². The highest BCUT2D eigenvalue weighted by Gasteiger charge is 2.22. The highest BCUT2D eigenvalue weighted by molar-refractivity contribution is 5.78. The number of nitrogens with zero attached hydrogens (tertiary/aromatic N) is 3. The molecule has 1 aliphatic carbocycles. The van der Waals surface area contributed by atoms with Gasteiger partial charge in [-0.1, -0.05) is 0 Å². The number of rotatable bonds is 3. The second-order valence-corrected chi connectivity index (χ2v) is 3.54. The van der Waals surface area contributed by atoms with E-state index in [0.717, 1.165) is 12.8 Å². The van der Waals surface area contributed by atoms with Crippen LogP contribution in [-0.4, -0.2) is 30.0 Å². The fraction of sp³-hybridized carbons (Fsp3) is 0.778. The Morgan fingerprint density at radius 3 is 2.85 bits per heavy atom. The Hall–Kier alpha value is -1.24. The van der Waals surface area contributed by atoms with Crippen molar-refractivity contribution in [2.45, 2.75) is 38.3 Å². The van der Waals surface area contributed by atoms with Crippen molar-refractivity contribution >= 4 is 5.96 Å². The van der Waals surface area contributed by atoms with Gasteiger partial charge in [-0.25, -0.2) is 4.99 Å². The Kier molecular flexibility index (Phi) is 3.13. The van der Waals surface area contributed by atoms with Gasteiger partial charge in [0.1, 0.15) is 0 Å². The molecule has 1 rings (SSSR count). The van der Waals surface area contributed by atoms with E-state index in [1.54, 1.807) is 0 Å². The third kappa shape index (κ3) is 2.94. The van der Waals surface area contributed by atoms with Gasteiger partial charge in [-0.2, -0.15) is 5.26 Å². The van der Waals surface area contributed by atoms with Gasteiger partial charge < -0.3 is 10.6 Å². The van der Waals surface area contributed by atoms with Gasteiger partial charge in [-0.05, 0) is 19.8 Å². The molecule has 1 fully saturated rings. The summed E-state index contributed by atoms with van der Waals surface area (Å²) >= 11 is 0. The second kappa shape index (κ2) is 4.13. The van der Waals surface area contributed by atoms with Crippen LogP contribution in [0.5, 0.6) is 0 Å². The van der Waals surface area contributed by atoms with Gasteiger partial charge in [0, 0.05) is 13.1 Å². The molecule has 0 saturated heterocycles. The normalized spacial score (nSPS) is 19.3. The van der Waals surface area contributed by atoms with Gasteiger partial charge in [0.2, 0.25) is 0 Å². The van der Waals surface area contributed by atoms with Crippen LogP contribution in [0.2, 0.25) is 0 Å². The van der Waals surface area contributed by atoms with E-state index in [1.807, 2.05) is 18.9 Å². The van der Waals surface area contributed by atoms with Crippen LogP contribution < -0.4 is 5.73 Å². The van der Waals surface area contributed by atoms with Crippen molar-refractivity contribution in [1.82, 2.24) is 4.90 Å². The predicted octanol–water partition coefficient (Wildman–Crippen LogP) is 0.697. The number of guanidine groups is 1. The Labute approximate surface area is 79.0 Å². The fourth-order valence-electron chi connectivity index (χ4n) is 0.977. The minimum Gasteiger partial charge on any atom is -0.370 e. The molecule has 2 N–H and O–H groups in total. The molecule has 0 aromatic heterocycles. The average Bonchev–Trinajstić information content (AvgIpc) is 2.87. The van der Waals surface area contributed by atoms with Crippen LogP contribution in [0.25, 0.3) is 0 Å². The number of hydrogen-bond acceptors (Lipinski definition) is 2. The van der Waals surface area contributed by atoms with Crippen LogP contribution in [0.3, 0.4) is 0 Å². The molecule has 4 nitrogen and oxygen atoms in total. The highest BCUT2D eigenvalue weighted by atomic mass is 15.3. The van der Waals surface area contributed by atoms with Crippen molar-refractivity contribution < 1.29 is 0 Å². The van der Waals surface area contributed by atoms with Crippen molar-refractivity contribution in [2.24, 2.45) is 10.7 Å². The second-order valence-electron chi connectivity index (χ2n) is 3.54. The molecule has 0 bridgehead atoms. The summed E-state index contributed by atoms with van der Waals surface area (Å²) in [7, 11) is 1.88. The summed E-state index contributed by atoms with van der Waals surface area (Å²) in [6.45, 7) is 1.97. The summed E-state index contributed by atoms with van der Waals surface area (Å²) in [6, 6.07) is 2.71. The third-order valence-electron chi connectivity index (χ3n) is 2.27. The molecule has 1 unspecified atom stereocenters. The largest absolute Gasteiger partial charge is 0.370 e. The molecule has 0 aromatic rings. The lowest BCUT2D eigenvalue weighted by Gasteiger charge is -2.23. The van der Waals surface area contributed by atoms with E-state index in [-0.39, 0.29) is 6.04 Å². The van der Waals surface area contributed by atoms with Crippen LogP contribution in [0.15, 0.2) is 4.99 Å². The van der Waals surface area contributed by atoms with Crippen LogP contribution in [0.4, 0.5) is 0 Å². The van der Waals surface area contributed by atoms with Crippen LogP contribution >= 0.6 is 0 Å². The number of hydrogen-bond donors (Lipinski definition) is 1. The van der Waals surface area contributed by atoms with Gasteiger partial charge in [-0.15, -0.1) is 0 Å². The summed E-state index contributed by atoms with van der Waals surface area (Å²) in [4.78, 5) is 6.17. The quantitative estimate of drug-likeness (QED) is 0.513. The molecule has 1 saturated carbocycles. The summed E-state index contributed by atoms with van der Waals surface area (Å²) in [6.07, 6.45) is 2.79. The average molecular weight is 180 g/mol. The van der Waals surface area contributed by atoms with E-state index in [2.05, 4.69) is 11.1 Å². The molecule has 4 heteroatoms. The number of nitrogens with two attached hydrogens (primary N) is 1. The first-order valence-corrected chi connectivity index (χ1v) is 4.58. The van der Waals surface area contributed by atoms with E-state index >= 15 is 0 Å². The summed E-state index contributed by atoms with van der Waals surface area (Å²) in [5.41, 5.74) is 5.76. The molecule has 0 radical (unpaired) electrons. The summed E-state index contributed by atoms with van der Waals surface area (Å²) < 4.78 is 0. The number of nitriles is 1. The van der Waals surface area contributed by atoms with E-state index in [1.165, 1.54) is 0 Å². The molecule has 0 spiro atoms. The molecule has 0 aliphatic heterocycles. The summed E-state index contributed by atoms with van der Waals surface area (Å²) in [5, 5.41) is 8.50. The first-order valence-electron chi connectivity index (χ1n) is 4.58. The van der Waals surface area contributed by atoms with Crippen molar-refractivity contribution in [1.29, 1.82) is 5.26 Å². The molecule has 1 aliphatic rings. The lowest BCUT2D eigenvalue weighted by Crippen LogP contribution is -2.40. The molecule has 13 heavy (non-hydrogen) atoms. The van der Waals surface area contributed by atoms with Crippen LogP contribution in [-0.2, 0) is 0 Å². The molecule has 0 amide bonds. The minimum atomic E-state index is 0.146. The fourth-order valence-corrected chi connectivity index (χ4v) is 0.977. The molecular weight excluding hydrogens is 164 g/mol. The summed E-state index contributed by atoms with van der Waals surface area (Å²) in [5.74, 6) is 0.560. The molecule has 72 valence electrons. The lowest BCUT2D eigenvalue weighted by atomic mass is 10.2. The first-order chi connectivity index (χ1) is 6.15. The maximum atomic E-state index is 8.50. The van der Waals surface area contributed by atoms with Crippen LogP contribution in [0, 0.1) is 11.3 Å². The molecule has 1 atom stereocenters. The van der Waals surface area contributed by atoms with Gasteiger partial charge in [0.15, 0.2) is 5.96 Å². The van der Waals surface area contributed by atoms with E-state index in [0.29, 0.717) is 18.4 Å². The topological polar surface area (TPSA) is 65.4 Å². The zero-order valence-corrected chi connectivity index (χ0v) is 8.20. The predicted molar refractivity (Wildman–Crippen MR) is 52.1 cm³/mol. The van der Waals surface area contributed by atoms with Crippen molar-refractivity contribution in [2.75, 3.05) is 7.05 Å². The molecule has 0 aromatic carbocycles. The molecular formula is C9H16N4. The van der Waals surface area contributed by atoms with E-state index < -0.39 is 0 Å². The van der Waals surface area contributed by atoms with Crippen molar-refractivity contribution in [3.8, 4) is 6.07 Å². The third-order valence-corrected chi connectivity index (χ3v) is 2.27. The van der Waals surface area contributed by atoms with E-state index in [4.69, 9.17) is 11.0 Å². The zero-order valence-electron chi connectivity index (χ0n) is 8.20. The first kappa shape index (κ1) is 9.85. The van der Waals surface area contributed by atoms with Gasteiger partial charge in [-0.3, -0.25) is 0 Å². The number of aliphatic imine (C=N–C) groups is 1. The Morgan fingerprint density at radius 1 is 1.77 bits per heavy atom. The Bertz CT molecular complexity index is 236. The monoisotopic (exact) mass is 180 g/mol. The van der Waals surface area contributed by atoms with Crippen molar-refractivity contribution in [3.05, 3.63) is 0 Å². The Morgan fingerprint density at radius 2 is 2.38 bits per heavy atom. The highest BCUT2D eigenvalue weighted by Crippen LogP contribution is 2.23. The van der Waals surface area contributed by atoms with Gasteiger partial charge in [0.05, 0.1) is 18.5 Å².